The Kier molecular flexibility index (Phi) is 7.63. The molecule has 0 aromatic rings. The zero-order valence-electron chi connectivity index (χ0n) is 10.1. The van der Waals surface area contributed by atoms with Crippen LogP contribution in [0.1, 0.15) is 26.2 Å². The van der Waals surface area contributed by atoms with Crippen molar-refractivity contribution in [2.75, 3.05) is 30.1 Å². The van der Waals surface area contributed by atoms with Gasteiger partial charge in [0, 0.05) is 18.6 Å². The summed E-state index contributed by atoms with van der Waals surface area (Å²) in [5.74, 6) is 1.73. The van der Waals surface area contributed by atoms with Crippen LogP contribution < -0.4 is 5.73 Å². The monoisotopic (exact) mass is 269 g/mol. The highest BCUT2D eigenvalue weighted by atomic mass is 32.2. The lowest BCUT2D eigenvalue weighted by atomic mass is 9.95. The minimum absolute atomic E-state index is 0.229. The fraction of sp³-hybridized carbons (Fsp3) is 1.00. The van der Waals surface area contributed by atoms with Gasteiger partial charge in [-0.2, -0.15) is 11.8 Å². The summed E-state index contributed by atoms with van der Waals surface area (Å²) in [5, 5.41) is 9.88. The van der Waals surface area contributed by atoms with Crippen molar-refractivity contribution < 1.29 is 13.5 Å². The van der Waals surface area contributed by atoms with Crippen LogP contribution >= 0.6 is 11.8 Å². The Labute approximate surface area is 103 Å². The Hall–Kier alpha value is 0.220. The van der Waals surface area contributed by atoms with Gasteiger partial charge in [-0.3, -0.25) is 0 Å². The molecule has 0 aliphatic heterocycles. The lowest BCUT2D eigenvalue weighted by molar-refractivity contribution is 0.0360. The molecule has 16 heavy (non-hydrogen) atoms. The van der Waals surface area contributed by atoms with Crippen LogP contribution in [0.25, 0.3) is 0 Å². The molecule has 0 radical (unpaired) electrons. The fourth-order valence-electron chi connectivity index (χ4n) is 1.24. The van der Waals surface area contributed by atoms with Crippen LogP contribution in [-0.2, 0) is 9.84 Å². The summed E-state index contributed by atoms with van der Waals surface area (Å²) in [5.41, 5.74) is 4.74. The maximum atomic E-state index is 10.8. The molecule has 0 aliphatic carbocycles. The van der Waals surface area contributed by atoms with E-state index in [0.29, 0.717) is 18.6 Å². The van der Waals surface area contributed by atoms with Gasteiger partial charge in [0.1, 0.15) is 9.84 Å². The van der Waals surface area contributed by atoms with Gasteiger partial charge in [-0.15, -0.1) is 0 Å². The molecule has 6 heteroatoms. The van der Waals surface area contributed by atoms with Crippen molar-refractivity contribution >= 4 is 21.6 Å². The van der Waals surface area contributed by atoms with Gasteiger partial charge in [0.25, 0.3) is 0 Å². The Morgan fingerprint density at radius 3 is 2.44 bits per heavy atom. The number of rotatable bonds is 9. The summed E-state index contributed by atoms with van der Waals surface area (Å²) in [7, 11) is -2.84. The largest absolute Gasteiger partial charge is 0.389 e. The molecule has 0 rings (SSSR count). The molecule has 1 atom stereocenters. The van der Waals surface area contributed by atoms with Gasteiger partial charge < -0.3 is 10.8 Å². The maximum absolute atomic E-state index is 10.8. The molecule has 0 fully saturated rings. The van der Waals surface area contributed by atoms with Crippen molar-refractivity contribution in [2.45, 2.75) is 31.8 Å². The van der Waals surface area contributed by atoms with Gasteiger partial charge in [-0.25, -0.2) is 8.42 Å². The number of nitrogens with two attached hydrogens (primary N) is 1. The SMILES string of the molecule is CCC(O)(CN)CCCSCCS(C)(=O)=O. The van der Waals surface area contributed by atoms with Crippen LogP contribution in [0.5, 0.6) is 0 Å². The predicted molar refractivity (Wildman–Crippen MR) is 70.6 cm³/mol. The number of hydrogen-bond acceptors (Lipinski definition) is 5. The Morgan fingerprint density at radius 1 is 1.38 bits per heavy atom. The molecule has 0 aliphatic rings. The zero-order chi connectivity index (χ0) is 12.7. The minimum Gasteiger partial charge on any atom is -0.389 e. The zero-order valence-corrected chi connectivity index (χ0v) is 11.7. The first-order valence-corrected chi connectivity index (χ1v) is 8.72. The van der Waals surface area contributed by atoms with Crippen LogP contribution in [0.3, 0.4) is 0 Å². The van der Waals surface area contributed by atoms with E-state index in [1.165, 1.54) is 6.26 Å². The van der Waals surface area contributed by atoms with Crippen molar-refractivity contribution in [1.82, 2.24) is 0 Å². The third kappa shape index (κ3) is 8.38. The van der Waals surface area contributed by atoms with E-state index in [-0.39, 0.29) is 12.3 Å². The molecular weight excluding hydrogens is 246 g/mol. The van der Waals surface area contributed by atoms with Gasteiger partial charge in [0.15, 0.2) is 0 Å². The van der Waals surface area contributed by atoms with E-state index in [2.05, 4.69) is 0 Å². The van der Waals surface area contributed by atoms with Crippen molar-refractivity contribution in [2.24, 2.45) is 5.73 Å². The second-order valence-corrected chi connectivity index (χ2v) is 7.61. The molecule has 0 heterocycles. The van der Waals surface area contributed by atoms with Gasteiger partial charge in [0.2, 0.25) is 0 Å². The average molecular weight is 269 g/mol. The van der Waals surface area contributed by atoms with E-state index < -0.39 is 15.4 Å². The van der Waals surface area contributed by atoms with Gasteiger partial charge in [0.05, 0.1) is 11.4 Å². The van der Waals surface area contributed by atoms with E-state index in [9.17, 15) is 13.5 Å². The van der Waals surface area contributed by atoms with Crippen LogP contribution in [-0.4, -0.2) is 49.2 Å². The topological polar surface area (TPSA) is 80.4 Å². The molecule has 0 saturated heterocycles. The first-order chi connectivity index (χ1) is 7.33. The van der Waals surface area contributed by atoms with Gasteiger partial charge in [-0.05, 0) is 25.0 Å². The molecule has 0 aromatic heterocycles. The van der Waals surface area contributed by atoms with Crippen molar-refractivity contribution in [3.8, 4) is 0 Å². The molecule has 3 N–H and O–H groups in total. The summed E-state index contributed by atoms with van der Waals surface area (Å²) < 4.78 is 21.7. The Morgan fingerprint density at radius 2 is 2.00 bits per heavy atom. The summed E-state index contributed by atoms with van der Waals surface area (Å²) in [4.78, 5) is 0. The molecule has 1 unspecified atom stereocenters. The van der Waals surface area contributed by atoms with Gasteiger partial charge in [-0.1, -0.05) is 6.92 Å². The number of aliphatic hydroxyl groups is 1. The molecule has 0 amide bonds. The van der Waals surface area contributed by atoms with E-state index in [1.54, 1.807) is 11.8 Å². The second kappa shape index (κ2) is 7.53. The number of thioether (sulfide) groups is 1. The molecule has 0 aromatic carbocycles. The molecule has 0 bridgehead atoms. The fourth-order valence-corrected chi connectivity index (χ4v) is 3.47. The normalized spacial score (nSPS) is 16.0. The van der Waals surface area contributed by atoms with Crippen LogP contribution in [0.4, 0.5) is 0 Å². The summed E-state index contributed by atoms with van der Waals surface area (Å²) in [6.45, 7) is 2.21. The number of hydrogen-bond donors (Lipinski definition) is 2. The van der Waals surface area contributed by atoms with E-state index in [1.807, 2.05) is 6.92 Å². The van der Waals surface area contributed by atoms with E-state index in [0.717, 1.165) is 12.2 Å². The standard InChI is InChI=1S/C10H23NO3S2/c1-3-10(12,9-11)5-4-6-15-7-8-16(2,13)14/h12H,3-9,11H2,1-2H3. The Bertz CT molecular complexity index is 274. The smallest absolute Gasteiger partial charge is 0.148 e. The highest BCUT2D eigenvalue weighted by Gasteiger charge is 2.21. The first kappa shape index (κ1) is 16.2. The lowest BCUT2D eigenvalue weighted by Gasteiger charge is -2.24. The highest BCUT2D eigenvalue weighted by Crippen LogP contribution is 2.17. The average Bonchev–Trinajstić information content (AvgIpc) is 2.21. The second-order valence-electron chi connectivity index (χ2n) is 4.13. The molecule has 0 saturated carbocycles. The predicted octanol–water partition coefficient (Wildman–Crippen LogP) is 0.644. The quantitative estimate of drug-likeness (QED) is 0.601. The van der Waals surface area contributed by atoms with Crippen molar-refractivity contribution in [1.29, 1.82) is 0 Å². The minimum atomic E-state index is -2.84. The lowest BCUT2D eigenvalue weighted by Crippen LogP contribution is -2.36. The van der Waals surface area contributed by atoms with Crippen molar-refractivity contribution in [3.63, 3.8) is 0 Å². The molecule has 4 nitrogen and oxygen atoms in total. The van der Waals surface area contributed by atoms with Crippen molar-refractivity contribution in [3.05, 3.63) is 0 Å². The molecular formula is C10H23NO3S2. The highest BCUT2D eigenvalue weighted by molar-refractivity contribution is 8.00. The number of sulfone groups is 1. The summed E-state index contributed by atoms with van der Waals surface area (Å²) in [6.07, 6.45) is 3.47. The summed E-state index contributed by atoms with van der Waals surface area (Å²) in [6, 6.07) is 0. The Balaban J connectivity index is 3.54. The molecule has 98 valence electrons. The van der Waals surface area contributed by atoms with Crippen LogP contribution in [0.15, 0.2) is 0 Å². The third-order valence-electron chi connectivity index (χ3n) is 2.57. The van der Waals surface area contributed by atoms with Crippen LogP contribution in [0.2, 0.25) is 0 Å². The van der Waals surface area contributed by atoms with Gasteiger partial charge >= 0.3 is 0 Å². The van der Waals surface area contributed by atoms with Crippen LogP contribution in [0, 0.1) is 0 Å². The van der Waals surface area contributed by atoms with E-state index in [4.69, 9.17) is 5.73 Å². The maximum Gasteiger partial charge on any atom is 0.148 e. The molecule has 0 spiro atoms. The summed E-state index contributed by atoms with van der Waals surface area (Å²) >= 11 is 1.61. The van der Waals surface area contributed by atoms with E-state index >= 15 is 0 Å². The first-order valence-electron chi connectivity index (χ1n) is 5.51. The third-order valence-corrected chi connectivity index (χ3v) is 4.84.